The van der Waals surface area contributed by atoms with Crippen LogP contribution in [0.3, 0.4) is 0 Å². The quantitative estimate of drug-likeness (QED) is 0.371. The van der Waals surface area contributed by atoms with Crippen LogP contribution in [0.15, 0.2) is 65.1 Å². The Morgan fingerprint density at radius 1 is 0.968 bits per heavy atom. The second-order valence-electron chi connectivity index (χ2n) is 9.57. The predicted molar refractivity (Wildman–Crippen MR) is 131 cm³/mol. The van der Waals surface area contributed by atoms with Crippen LogP contribution in [-0.4, -0.2) is 26.0 Å². The molecule has 0 amide bonds. The van der Waals surface area contributed by atoms with Crippen molar-refractivity contribution >= 4 is 8.32 Å². The molecule has 2 aromatic carbocycles. The highest BCUT2D eigenvalue weighted by Crippen LogP contribution is 2.36. The summed E-state index contributed by atoms with van der Waals surface area (Å²) in [7, 11) is -1.76. The number of oxazole rings is 1. The maximum absolute atomic E-state index is 6.43. The van der Waals surface area contributed by atoms with E-state index in [0.717, 1.165) is 29.0 Å². The minimum Gasteiger partial charge on any atom is -0.439 e. The van der Waals surface area contributed by atoms with Crippen molar-refractivity contribution in [2.75, 3.05) is 6.61 Å². The minimum absolute atomic E-state index is 0.211. The van der Waals surface area contributed by atoms with Crippen molar-refractivity contribution in [2.45, 2.75) is 64.8 Å². The second-order valence-corrected chi connectivity index (χ2v) is 14.4. The maximum atomic E-state index is 6.43. The molecule has 4 nitrogen and oxygen atoms in total. The number of aromatic nitrogens is 1. The van der Waals surface area contributed by atoms with Crippen LogP contribution in [0, 0.1) is 0 Å². The van der Waals surface area contributed by atoms with Gasteiger partial charge in [0.05, 0.1) is 6.54 Å². The Kier molecular flexibility index (Phi) is 7.52. The van der Waals surface area contributed by atoms with Crippen molar-refractivity contribution in [3.05, 3.63) is 66.6 Å². The molecule has 0 spiro atoms. The van der Waals surface area contributed by atoms with Gasteiger partial charge in [-0.1, -0.05) is 88.4 Å². The van der Waals surface area contributed by atoms with Crippen molar-refractivity contribution in [1.82, 2.24) is 10.3 Å². The van der Waals surface area contributed by atoms with Gasteiger partial charge in [-0.05, 0) is 24.6 Å². The Bertz CT molecular complexity index is 890. The van der Waals surface area contributed by atoms with E-state index in [9.17, 15) is 0 Å². The first-order chi connectivity index (χ1) is 14.7. The number of rotatable bonds is 9. The Labute approximate surface area is 188 Å². The van der Waals surface area contributed by atoms with Gasteiger partial charge in [-0.3, -0.25) is 0 Å². The molecule has 3 aromatic rings. The van der Waals surface area contributed by atoms with E-state index in [1.54, 1.807) is 0 Å². The van der Waals surface area contributed by atoms with Crippen LogP contribution in [-0.2, 0) is 11.0 Å². The molecule has 0 fully saturated rings. The molecular formula is C26H36N2O2Si. The first-order valence-corrected chi connectivity index (χ1v) is 14.1. The summed E-state index contributed by atoms with van der Waals surface area (Å²) in [4.78, 5) is 4.85. The second kappa shape index (κ2) is 9.94. The molecule has 166 valence electrons. The summed E-state index contributed by atoms with van der Waals surface area (Å²) in [5.74, 6) is 1.51. The molecule has 0 saturated heterocycles. The molecule has 1 unspecified atom stereocenters. The highest BCUT2D eigenvalue weighted by molar-refractivity contribution is 6.74. The molecule has 0 aliphatic rings. The third kappa shape index (κ3) is 5.94. The smallest absolute Gasteiger partial charge is 0.209 e. The lowest BCUT2D eigenvalue weighted by molar-refractivity contribution is 0.235. The van der Waals surface area contributed by atoms with Gasteiger partial charge in [0, 0.05) is 23.8 Å². The molecule has 0 saturated carbocycles. The lowest BCUT2D eigenvalue weighted by Crippen LogP contribution is -2.44. The van der Waals surface area contributed by atoms with Gasteiger partial charge in [-0.15, -0.1) is 0 Å². The molecule has 31 heavy (non-hydrogen) atoms. The van der Waals surface area contributed by atoms with E-state index in [0.29, 0.717) is 19.0 Å². The summed E-state index contributed by atoms with van der Waals surface area (Å²) in [5, 5.41) is 3.81. The number of benzene rings is 2. The van der Waals surface area contributed by atoms with Crippen molar-refractivity contribution in [1.29, 1.82) is 0 Å². The van der Waals surface area contributed by atoms with Gasteiger partial charge in [0.25, 0.3) is 0 Å². The molecule has 1 aromatic heterocycles. The molecular weight excluding hydrogens is 400 g/mol. The number of nitrogens with zero attached hydrogens (tertiary/aromatic N) is 1. The first kappa shape index (κ1) is 23.5. The van der Waals surface area contributed by atoms with Crippen LogP contribution in [0.4, 0.5) is 0 Å². The molecule has 0 aliphatic heterocycles. The van der Waals surface area contributed by atoms with E-state index >= 15 is 0 Å². The molecule has 0 aliphatic carbocycles. The normalized spacial score (nSPS) is 13.4. The summed E-state index contributed by atoms with van der Waals surface area (Å²) in [5.41, 5.74) is 2.98. The molecule has 1 N–H and O–H groups in total. The zero-order valence-electron chi connectivity index (χ0n) is 19.7. The van der Waals surface area contributed by atoms with E-state index in [-0.39, 0.29) is 11.1 Å². The number of hydrogen-bond donors (Lipinski definition) is 1. The number of hydrogen-bond acceptors (Lipinski definition) is 4. The Morgan fingerprint density at radius 2 is 1.55 bits per heavy atom. The van der Waals surface area contributed by atoms with Gasteiger partial charge in [-0.25, -0.2) is 4.98 Å². The Hall–Kier alpha value is -2.21. The zero-order chi connectivity index (χ0) is 22.5. The zero-order valence-corrected chi connectivity index (χ0v) is 20.7. The Morgan fingerprint density at radius 3 is 2.10 bits per heavy atom. The highest BCUT2D eigenvalue weighted by Gasteiger charge is 2.37. The van der Waals surface area contributed by atoms with Crippen LogP contribution >= 0.6 is 0 Å². The topological polar surface area (TPSA) is 47.3 Å². The average Bonchev–Trinajstić information content (AvgIpc) is 3.18. The molecule has 1 atom stereocenters. The summed E-state index contributed by atoms with van der Waals surface area (Å²) >= 11 is 0. The summed E-state index contributed by atoms with van der Waals surface area (Å²) < 4.78 is 12.7. The maximum Gasteiger partial charge on any atom is 0.209 e. The lowest BCUT2D eigenvalue weighted by Gasteiger charge is -2.37. The van der Waals surface area contributed by atoms with Crippen LogP contribution < -0.4 is 5.32 Å². The van der Waals surface area contributed by atoms with Crippen LogP contribution in [0.5, 0.6) is 0 Å². The van der Waals surface area contributed by atoms with E-state index in [4.69, 9.17) is 13.8 Å². The van der Waals surface area contributed by atoms with Gasteiger partial charge < -0.3 is 14.2 Å². The largest absolute Gasteiger partial charge is 0.439 e. The summed E-state index contributed by atoms with van der Waals surface area (Å²) in [6.45, 7) is 14.9. The molecule has 3 rings (SSSR count). The van der Waals surface area contributed by atoms with Gasteiger partial charge in [0.1, 0.15) is 5.69 Å². The lowest BCUT2D eigenvalue weighted by atomic mass is 10.1. The fourth-order valence-electron chi connectivity index (χ4n) is 3.10. The molecule has 0 bridgehead atoms. The standard InChI is InChI=1S/C26H36N2O2Si/c1-7-22(19-29-31(5,6)26(2,3)4)27-18-23-28-24(20-14-10-8-11-15-20)25(30-23)21-16-12-9-13-17-21/h8-17,22,27H,7,18-19H2,1-6H3. The Balaban J connectivity index is 1.75. The van der Waals surface area contributed by atoms with Gasteiger partial charge in [-0.2, -0.15) is 0 Å². The van der Waals surface area contributed by atoms with E-state index in [1.165, 1.54) is 0 Å². The van der Waals surface area contributed by atoms with Crippen LogP contribution in [0.1, 0.15) is 40.0 Å². The van der Waals surface area contributed by atoms with Gasteiger partial charge in [0.2, 0.25) is 5.89 Å². The monoisotopic (exact) mass is 436 g/mol. The molecule has 1 heterocycles. The van der Waals surface area contributed by atoms with Gasteiger partial charge in [0.15, 0.2) is 14.1 Å². The van der Waals surface area contributed by atoms with E-state index < -0.39 is 8.32 Å². The SMILES string of the molecule is CCC(CO[Si](C)(C)C(C)(C)C)NCc1nc(-c2ccccc2)c(-c2ccccc2)o1. The van der Waals surface area contributed by atoms with Crippen molar-refractivity contribution < 1.29 is 8.84 Å². The van der Waals surface area contributed by atoms with Gasteiger partial charge >= 0.3 is 0 Å². The summed E-state index contributed by atoms with van der Waals surface area (Å²) in [6, 6.07) is 20.7. The van der Waals surface area contributed by atoms with E-state index in [1.807, 2.05) is 36.4 Å². The molecule has 0 radical (unpaired) electrons. The number of nitrogens with one attached hydrogen (secondary N) is 1. The first-order valence-electron chi connectivity index (χ1n) is 11.2. The minimum atomic E-state index is -1.76. The van der Waals surface area contributed by atoms with E-state index in [2.05, 4.69) is 70.4 Å². The average molecular weight is 437 g/mol. The third-order valence-corrected chi connectivity index (χ3v) is 10.7. The van der Waals surface area contributed by atoms with Crippen LogP contribution in [0.25, 0.3) is 22.6 Å². The summed E-state index contributed by atoms with van der Waals surface area (Å²) in [6.07, 6.45) is 0.992. The fourth-order valence-corrected chi connectivity index (χ4v) is 4.15. The molecule has 5 heteroatoms. The third-order valence-electron chi connectivity index (χ3n) is 6.24. The van der Waals surface area contributed by atoms with Crippen molar-refractivity contribution in [3.63, 3.8) is 0 Å². The highest BCUT2D eigenvalue weighted by atomic mass is 28.4. The van der Waals surface area contributed by atoms with Crippen molar-refractivity contribution in [3.8, 4) is 22.6 Å². The van der Waals surface area contributed by atoms with Crippen LogP contribution in [0.2, 0.25) is 18.1 Å². The predicted octanol–water partition coefficient (Wildman–Crippen LogP) is 6.90. The van der Waals surface area contributed by atoms with Crippen molar-refractivity contribution in [2.24, 2.45) is 0 Å². The fraction of sp³-hybridized carbons (Fsp3) is 0.423.